The fourth-order valence-corrected chi connectivity index (χ4v) is 3.92. The van der Waals surface area contributed by atoms with E-state index in [0.717, 1.165) is 10.4 Å². The molecule has 1 N–H and O–H groups in total. The van der Waals surface area contributed by atoms with Crippen molar-refractivity contribution in [2.75, 3.05) is 5.32 Å². The number of halogens is 1. The molecule has 1 fully saturated rings. The molecular formula is C19H24BrN. The van der Waals surface area contributed by atoms with Crippen molar-refractivity contribution in [2.45, 2.75) is 51.5 Å². The Labute approximate surface area is 136 Å². The Morgan fingerprint density at radius 1 is 1.00 bits per heavy atom. The molecule has 1 aliphatic rings. The number of fused-ring (bicyclic) bond motifs is 1. The Morgan fingerprint density at radius 3 is 2.48 bits per heavy atom. The minimum absolute atomic E-state index is 0.658. The van der Waals surface area contributed by atoms with E-state index in [1.54, 1.807) is 0 Å². The fraction of sp³-hybridized carbons (Fsp3) is 0.474. The minimum Gasteiger partial charge on any atom is -0.382 e. The number of hydrogen-bond donors (Lipinski definition) is 1. The molecule has 112 valence electrons. The summed E-state index contributed by atoms with van der Waals surface area (Å²) in [5.74, 6) is 0.974. The number of hydrogen-bond acceptors (Lipinski definition) is 1. The van der Waals surface area contributed by atoms with Gasteiger partial charge in [-0.25, -0.2) is 0 Å². The van der Waals surface area contributed by atoms with Gasteiger partial charge < -0.3 is 5.32 Å². The van der Waals surface area contributed by atoms with E-state index < -0.39 is 0 Å². The van der Waals surface area contributed by atoms with Crippen molar-refractivity contribution in [3.05, 3.63) is 40.9 Å². The van der Waals surface area contributed by atoms with Crippen molar-refractivity contribution < 1.29 is 0 Å². The van der Waals surface area contributed by atoms with Crippen LogP contribution >= 0.6 is 15.9 Å². The summed E-state index contributed by atoms with van der Waals surface area (Å²) in [6.07, 6.45) is 8.19. The van der Waals surface area contributed by atoms with Gasteiger partial charge in [-0.15, -0.1) is 0 Å². The van der Waals surface area contributed by atoms with Crippen molar-refractivity contribution >= 4 is 32.4 Å². The zero-order chi connectivity index (χ0) is 14.7. The summed E-state index contributed by atoms with van der Waals surface area (Å²) in [7, 11) is 0. The van der Waals surface area contributed by atoms with Crippen molar-refractivity contribution in [2.24, 2.45) is 5.92 Å². The minimum atomic E-state index is 0.658. The van der Waals surface area contributed by atoms with Crippen LogP contribution in [0.2, 0.25) is 0 Å². The van der Waals surface area contributed by atoms with Gasteiger partial charge in [-0.05, 0) is 66.6 Å². The third-order valence-electron chi connectivity index (χ3n) is 4.72. The van der Waals surface area contributed by atoms with Crippen molar-refractivity contribution in [3.8, 4) is 0 Å². The van der Waals surface area contributed by atoms with Crippen LogP contribution in [0.1, 0.15) is 45.4 Å². The maximum Gasteiger partial charge on any atom is 0.0348 e. The van der Waals surface area contributed by atoms with Crippen LogP contribution in [0, 0.1) is 5.92 Å². The average molecular weight is 346 g/mol. The van der Waals surface area contributed by atoms with Crippen LogP contribution < -0.4 is 5.32 Å². The van der Waals surface area contributed by atoms with E-state index in [0.29, 0.717) is 6.04 Å². The lowest BCUT2D eigenvalue weighted by Crippen LogP contribution is -2.26. The van der Waals surface area contributed by atoms with E-state index in [1.807, 2.05) is 0 Å². The van der Waals surface area contributed by atoms with Gasteiger partial charge in [0.05, 0.1) is 0 Å². The molecule has 1 saturated carbocycles. The van der Waals surface area contributed by atoms with Crippen molar-refractivity contribution in [3.63, 3.8) is 0 Å². The lowest BCUT2D eigenvalue weighted by molar-refractivity contribution is 0.319. The fourth-order valence-electron chi connectivity index (χ4n) is 3.55. The monoisotopic (exact) mass is 345 g/mol. The molecular weight excluding hydrogens is 322 g/mol. The molecule has 0 aromatic heterocycles. The SMILES string of the molecule is CCCC1CCC(Nc2ccc3cc(Br)ccc3c2)CC1. The highest BCUT2D eigenvalue weighted by Crippen LogP contribution is 2.30. The van der Waals surface area contributed by atoms with Crippen LogP contribution in [0.5, 0.6) is 0 Å². The second kappa shape index (κ2) is 6.83. The molecule has 0 saturated heterocycles. The largest absolute Gasteiger partial charge is 0.382 e. The smallest absolute Gasteiger partial charge is 0.0348 e. The van der Waals surface area contributed by atoms with E-state index in [-0.39, 0.29) is 0 Å². The molecule has 1 nitrogen and oxygen atoms in total. The molecule has 0 atom stereocenters. The summed E-state index contributed by atoms with van der Waals surface area (Å²) in [5, 5.41) is 6.34. The summed E-state index contributed by atoms with van der Waals surface area (Å²) >= 11 is 3.53. The van der Waals surface area contributed by atoms with Gasteiger partial charge in [-0.3, -0.25) is 0 Å². The Balaban J connectivity index is 1.64. The second-order valence-corrected chi connectivity index (χ2v) is 7.27. The molecule has 0 spiro atoms. The number of benzene rings is 2. The molecule has 0 bridgehead atoms. The van der Waals surface area contributed by atoms with Gasteiger partial charge in [0.2, 0.25) is 0 Å². The number of anilines is 1. The molecule has 2 aromatic carbocycles. The Hall–Kier alpha value is -1.02. The predicted molar refractivity (Wildman–Crippen MR) is 95.9 cm³/mol. The summed E-state index contributed by atoms with van der Waals surface area (Å²) in [5.41, 5.74) is 1.27. The standard InChI is InChI=1S/C19H24BrN/c1-2-3-14-4-9-18(10-5-14)21-19-11-7-15-12-17(20)8-6-16(15)13-19/h6-8,11-14,18,21H,2-5,9-10H2,1H3. The molecule has 3 rings (SSSR count). The zero-order valence-corrected chi connectivity index (χ0v) is 14.3. The summed E-state index contributed by atoms with van der Waals surface area (Å²) < 4.78 is 1.14. The first kappa shape index (κ1) is 14.9. The Morgan fingerprint density at radius 2 is 1.71 bits per heavy atom. The third kappa shape index (κ3) is 3.79. The third-order valence-corrected chi connectivity index (χ3v) is 5.21. The summed E-state index contributed by atoms with van der Waals surface area (Å²) in [6, 6.07) is 13.8. The van der Waals surface area contributed by atoms with Crippen LogP contribution in [0.15, 0.2) is 40.9 Å². The van der Waals surface area contributed by atoms with Gasteiger partial charge in [0, 0.05) is 16.2 Å². The molecule has 0 heterocycles. The quantitative estimate of drug-likeness (QED) is 0.678. The van der Waals surface area contributed by atoms with Crippen LogP contribution in [0.25, 0.3) is 10.8 Å². The highest BCUT2D eigenvalue weighted by atomic mass is 79.9. The highest BCUT2D eigenvalue weighted by Gasteiger charge is 2.20. The molecule has 1 aliphatic carbocycles. The Kier molecular flexibility index (Phi) is 4.84. The maximum absolute atomic E-state index is 3.74. The molecule has 2 heteroatoms. The summed E-state index contributed by atoms with van der Waals surface area (Å²) in [4.78, 5) is 0. The molecule has 0 unspecified atom stereocenters. The van der Waals surface area contributed by atoms with E-state index in [4.69, 9.17) is 0 Å². The molecule has 0 amide bonds. The van der Waals surface area contributed by atoms with Crippen molar-refractivity contribution in [1.82, 2.24) is 0 Å². The topological polar surface area (TPSA) is 12.0 Å². The van der Waals surface area contributed by atoms with Crippen LogP contribution in [-0.4, -0.2) is 6.04 Å². The Bertz CT molecular complexity index is 600. The molecule has 0 aliphatic heterocycles. The second-order valence-electron chi connectivity index (χ2n) is 6.36. The van der Waals surface area contributed by atoms with Gasteiger partial charge in [0.1, 0.15) is 0 Å². The highest BCUT2D eigenvalue weighted by molar-refractivity contribution is 9.10. The van der Waals surface area contributed by atoms with Gasteiger partial charge in [0.15, 0.2) is 0 Å². The van der Waals surface area contributed by atoms with Gasteiger partial charge in [-0.2, -0.15) is 0 Å². The first-order valence-corrected chi connectivity index (χ1v) is 9.00. The van der Waals surface area contributed by atoms with Crippen molar-refractivity contribution in [1.29, 1.82) is 0 Å². The molecule has 0 radical (unpaired) electrons. The van der Waals surface area contributed by atoms with E-state index in [9.17, 15) is 0 Å². The molecule has 21 heavy (non-hydrogen) atoms. The number of rotatable bonds is 4. The van der Waals surface area contributed by atoms with Crippen LogP contribution in [-0.2, 0) is 0 Å². The first-order valence-electron chi connectivity index (χ1n) is 8.20. The normalized spacial score (nSPS) is 22.4. The van der Waals surface area contributed by atoms with E-state index >= 15 is 0 Å². The number of nitrogens with one attached hydrogen (secondary N) is 1. The predicted octanol–water partition coefficient (Wildman–Crippen LogP) is 6.37. The summed E-state index contributed by atoms with van der Waals surface area (Å²) in [6.45, 7) is 2.30. The lowest BCUT2D eigenvalue weighted by atomic mass is 9.83. The van der Waals surface area contributed by atoms with Gasteiger partial charge >= 0.3 is 0 Å². The van der Waals surface area contributed by atoms with Gasteiger partial charge in [0.25, 0.3) is 0 Å². The lowest BCUT2D eigenvalue weighted by Gasteiger charge is -2.29. The first-order chi connectivity index (χ1) is 10.2. The van der Waals surface area contributed by atoms with E-state index in [1.165, 1.54) is 55.0 Å². The van der Waals surface area contributed by atoms with Crippen LogP contribution in [0.3, 0.4) is 0 Å². The van der Waals surface area contributed by atoms with Crippen LogP contribution in [0.4, 0.5) is 5.69 Å². The average Bonchev–Trinajstić information content (AvgIpc) is 2.50. The van der Waals surface area contributed by atoms with Gasteiger partial charge in [-0.1, -0.05) is 47.8 Å². The molecule has 2 aromatic rings. The zero-order valence-electron chi connectivity index (χ0n) is 12.7. The maximum atomic E-state index is 3.74. The van der Waals surface area contributed by atoms with E-state index in [2.05, 4.69) is 64.6 Å².